The van der Waals surface area contributed by atoms with Crippen molar-refractivity contribution >= 4 is 40.8 Å². The van der Waals surface area contributed by atoms with Gasteiger partial charge >= 0.3 is 0 Å². The molecule has 0 spiro atoms. The van der Waals surface area contributed by atoms with Crippen LogP contribution in [0.25, 0.3) is 5.65 Å². The maximum Gasteiger partial charge on any atom is 0.256 e. The highest BCUT2D eigenvalue weighted by atomic mass is 16.6. The number of nitrogens with two attached hydrogens (primary N) is 2. The maximum atomic E-state index is 13.2. The van der Waals surface area contributed by atoms with E-state index in [1.807, 2.05) is 27.7 Å². The molecule has 2 aliphatic rings. The van der Waals surface area contributed by atoms with E-state index < -0.39 is 29.4 Å². The van der Waals surface area contributed by atoms with Gasteiger partial charge in [-0.05, 0) is 31.6 Å². The third-order valence-electron chi connectivity index (χ3n) is 10.4. The van der Waals surface area contributed by atoms with E-state index >= 15 is 0 Å². The van der Waals surface area contributed by atoms with E-state index in [1.165, 1.54) is 14.2 Å². The Kier molecular flexibility index (Phi) is 15.9. The number of likely N-dealkylation sites (tertiary alicyclic amines) is 1. The summed E-state index contributed by atoms with van der Waals surface area (Å²) in [6.45, 7) is 8.99. The smallest absolute Gasteiger partial charge is 0.256 e. The van der Waals surface area contributed by atoms with Crippen molar-refractivity contribution in [2.75, 3.05) is 77.6 Å². The van der Waals surface area contributed by atoms with Crippen LogP contribution in [0, 0.1) is 5.41 Å². The number of ether oxygens (including phenoxy) is 6. The number of anilines is 3. The number of β-amino-alcohol motifs (C(OH)–C–C–N with tert-alkyl or cyclic N) is 1. The number of carbonyl (C=O) groups is 3. The van der Waals surface area contributed by atoms with E-state index in [-0.39, 0.29) is 75.0 Å². The van der Waals surface area contributed by atoms with Crippen LogP contribution in [-0.4, -0.2) is 139 Å². The zero-order valence-corrected chi connectivity index (χ0v) is 35.0. The first-order valence-electron chi connectivity index (χ1n) is 20.1. The standard InChI is InChI=1S/C40H61N9O10/c1-24-19-26(50)22-49(24)38(53)34(40(2,3)4)46-31(51)23-58-16-15-56-13-14-57-17-18-59-33-29(54-5)20-25(21-30(33)55-6)44-36-32(35(42)52)37-43-11-12-48(37)39(47-36)45-28-10-8-7-9-27(28)41/h11-12,20-21,24,26-28,34,44,50H,7-10,13-19,22-23,41H2,1-6H3,(H2,42,52)(H,45,47)(H,46,51)/t24-,26-,27-,28+,34-/m1/s1. The normalized spacial score (nSPS) is 20.0. The highest BCUT2D eigenvalue weighted by Gasteiger charge is 2.40. The average Bonchev–Trinajstić information content (AvgIpc) is 3.81. The van der Waals surface area contributed by atoms with E-state index in [2.05, 4.69) is 20.9 Å². The summed E-state index contributed by atoms with van der Waals surface area (Å²) >= 11 is 0. The number of carbonyl (C=O) groups excluding carboxylic acids is 3. The number of aliphatic hydroxyl groups is 1. The number of fused-ring (bicyclic) bond motifs is 1. The molecule has 3 heterocycles. The second-order valence-corrected chi connectivity index (χ2v) is 15.9. The summed E-state index contributed by atoms with van der Waals surface area (Å²) in [6, 6.07) is 2.49. The van der Waals surface area contributed by atoms with Crippen LogP contribution in [0.3, 0.4) is 0 Å². The molecule has 1 saturated carbocycles. The Balaban J connectivity index is 1.06. The molecule has 5 rings (SSSR count). The lowest BCUT2D eigenvalue weighted by molar-refractivity contribution is -0.141. The lowest BCUT2D eigenvalue weighted by Gasteiger charge is -2.35. The Morgan fingerprint density at radius 1 is 0.983 bits per heavy atom. The number of imidazole rings is 1. The average molecular weight is 828 g/mol. The number of nitrogens with zero attached hydrogens (tertiary/aromatic N) is 4. The summed E-state index contributed by atoms with van der Waals surface area (Å²) in [5, 5.41) is 19.5. The van der Waals surface area contributed by atoms with Crippen molar-refractivity contribution in [2.24, 2.45) is 16.9 Å². The minimum absolute atomic E-state index is 0.00306. The molecule has 1 aliphatic carbocycles. The molecule has 19 nitrogen and oxygen atoms in total. The molecule has 326 valence electrons. The molecule has 3 aromatic rings. The lowest BCUT2D eigenvalue weighted by atomic mass is 9.85. The summed E-state index contributed by atoms with van der Waals surface area (Å²) < 4.78 is 35.7. The molecule has 0 radical (unpaired) electrons. The molecule has 0 unspecified atom stereocenters. The predicted octanol–water partition coefficient (Wildman–Crippen LogP) is 2.21. The van der Waals surface area contributed by atoms with Gasteiger partial charge in [0, 0.05) is 54.9 Å². The summed E-state index contributed by atoms with van der Waals surface area (Å²) in [5.41, 5.74) is 12.7. The van der Waals surface area contributed by atoms with Gasteiger partial charge in [-0.3, -0.25) is 18.8 Å². The maximum absolute atomic E-state index is 13.2. The van der Waals surface area contributed by atoms with Crippen molar-refractivity contribution in [2.45, 2.75) is 90.1 Å². The van der Waals surface area contributed by atoms with Crippen molar-refractivity contribution < 1.29 is 47.9 Å². The second kappa shape index (κ2) is 20.8. The van der Waals surface area contributed by atoms with Gasteiger partial charge in [0.05, 0.1) is 53.4 Å². The molecular weight excluding hydrogens is 766 g/mol. The van der Waals surface area contributed by atoms with Crippen LogP contribution in [0.1, 0.15) is 70.2 Å². The highest BCUT2D eigenvalue weighted by molar-refractivity contribution is 6.04. The Morgan fingerprint density at radius 2 is 1.63 bits per heavy atom. The Hall–Kier alpha value is -4.95. The van der Waals surface area contributed by atoms with Gasteiger partial charge in [-0.25, -0.2) is 4.98 Å². The molecule has 8 N–H and O–H groups in total. The fourth-order valence-corrected chi connectivity index (χ4v) is 7.27. The van der Waals surface area contributed by atoms with Crippen LogP contribution in [0.15, 0.2) is 24.5 Å². The number of nitrogens with one attached hydrogen (secondary N) is 3. The van der Waals surface area contributed by atoms with E-state index in [4.69, 9.17) is 44.9 Å². The Bertz CT molecular complexity index is 1860. The van der Waals surface area contributed by atoms with Gasteiger partial charge in [0.1, 0.15) is 24.8 Å². The quantitative estimate of drug-likeness (QED) is 0.0843. The number of methoxy groups -OCH3 is 2. The van der Waals surface area contributed by atoms with E-state index in [0.717, 1.165) is 25.7 Å². The number of aromatic nitrogens is 3. The molecule has 5 atom stereocenters. The minimum atomic E-state index is -0.754. The number of hydrogen-bond donors (Lipinski definition) is 6. The Morgan fingerprint density at radius 3 is 2.22 bits per heavy atom. The predicted molar refractivity (Wildman–Crippen MR) is 219 cm³/mol. The number of primary amides is 1. The van der Waals surface area contributed by atoms with Crippen LogP contribution in [0.4, 0.5) is 17.5 Å². The molecule has 3 amide bonds. The molecule has 1 aliphatic heterocycles. The first-order chi connectivity index (χ1) is 28.2. The van der Waals surface area contributed by atoms with Crippen molar-refractivity contribution in [1.82, 2.24) is 24.6 Å². The summed E-state index contributed by atoms with van der Waals surface area (Å²) in [7, 11) is 3.00. The fraction of sp³-hybridized carbons (Fsp3) is 0.625. The zero-order chi connectivity index (χ0) is 42.7. The van der Waals surface area contributed by atoms with Crippen LogP contribution in [0.2, 0.25) is 0 Å². The molecule has 2 aromatic heterocycles. The summed E-state index contributed by atoms with van der Waals surface area (Å²) in [6.07, 6.45) is 7.17. The van der Waals surface area contributed by atoms with Gasteiger partial charge in [0.2, 0.25) is 23.5 Å². The minimum Gasteiger partial charge on any atom is -0.493 e. The van der Waals surface area contributed by atoms with Crippen LogP contribution in [-0.2, 0) is 23.8 Å². The second-order valence-electron chi connectivity index (χ2n) is 15.9. The van der Waals surface area contributed by atoms with Crippen molar-refractivity contribution in [3.8, 4) is 17.2 Å². The molecule has 1 saturated heterocycles. The number of aliphatic hydroxyl groups excluding tert-OH is 1. The van der Waals surface area contributed by atoms with Gasteiger partial charge in [-0.15, -0.1) is 0 Å². The highest BCUT2D eigenvalue weighted by Crippen LogP contribution is 2.41. The lowest BCUT2D eigenvalue weighted by Crippen LogP contribution is -2.56. The molecule has 2 fully saturated rings. The summed E-state index contributed by atoms with van der Waals surface area (Å²) in [5.74, 6) is 0.419. The van der Waals surface area contributed by atoms with Crippen molar-refractivity contribution in [3.63, 3.8) is 0 Å². The topological polar surface area (TPSA) is 248 Å². The Labute approximate surface area is 344 Å². The van der Waals surface area contributed by atoms with Gasteiger partial charge in [-0.1, -0.05) is 33.6 Å². The van der Waals surface area contributed by atoms with Crippen LogP contribution >= 0.6 is 0 Å². The molecule has 59 heavy (non-hydrogen) atoms. The third kappa shape index (κ3) is 11.8. The molecular formula is C40H61N9O10. The first kappa shape index (κ1) is 45.1. The number of amides is 3. The van der Waals surface area contributed by atoms with Crippen molar-refractivity contribution in [3.05, 3.63) is 30.1 Å². The fourth-order valence-electron chi connectivity index (χ4n) is 7.27. The number of hydrogen-bond acceptors (Lipinski definition) is 15. The molecule has 0 bridgehead atoms. The first-order valence-corrected chi connectivity index (χ1v) is 20.1. The van der Waals surface area contributed by atoms with E-state index in [9.17, 15) is 19.5 Å². The van der Waals surface area contributed by atoms with Gasteiger partial charge in [0.25, 0.3) is 5.91 Å². The number of benzene rings is 1. The third-order valence-corrected chi connectivity index (χ3v) is 10.4. The monoisotopic (exact) mass is 827 g/mol. The summed E-state index contributed by atoms with van der Waals surface area (Å²) in [4.78, 5) is 49.4. The van der Waals surface area contributed by atoms with Crippen LogP contribution in [0.5, 0.6) is 17.2 Å². The molecule has 1 aromatic carbocycles. The van der Waals surface area contributed by atoms with Crippen molar-refractivity contribution in [1.29, 1.82) is 0 Å². The SMILES string of the molecule is COc1cc(Nc2nc(N[C@H]3CCCC[C@H]3N)n3ccnc3c2C(N)=O)cc(OC)c1OCCOCCOCCOCC(=O)N[C@H](C(=O)N1C[C@H](O)C[C@H]1C)C(C)(C)C. The van der Waals surface area contributed by atoms with E-state index in [0.29, 0.717) is 54.2 Å². The van der Waals surface area contributed by atoms with Gasteiger partial charge < -0.3 is 65.8 Å². The van der Waals surface area contributed by atoms with E-state index in [1.54, 1.807) is 33.8 Å². The largest absolute Gasteiger partial charge is 0.493 e. The van der Waals surface area contributed by atoms with Gasteiger partial charge in [-0.2, -0.15) is 4.98 Å². The zero-order valence-electron chi connectivity index (χ0n) is 35.0. The van der Waals surface area contributed by atoms with Crippen LogP contribution < -0.4 is 41.6 Å². The van der Waals surface area contributed by atoms with Gasteiger partial charge in [0.15, 0.2) is 23.0 Å². The number of rotatable bonds is 21. The molecule has 19 heteroatoms.